The van der Waals surface area contributed by atoms with Crippen LogP contribution in [-0.4, -0.2) is 55.2 Å². The molecule has 0 unspecified atom stereocenters. The molecule has 1 aromatic carbocycles. The molecule has 1 fully saturated rings. The number of aromatic amines is 1. The summed E-state index contributed by atoms with van der Waals surface area (Å²) in [6.07, 6.45) is 0. The lowest BCUT2D eigenvalue weighted by atomic mass is 10.1. The van der Waals surface area contributed by atoms with Gasteiger partial charge in [-0.15, -0.1) is 0 Å². The Hall–Kier alpha value is -2.25. The molecule has 1 aliphatic rings. The van der Waals surface area contributed by atoms with Gasteiger partial charge in [-0.2, -0.15) is 0 Å². The summed E-state index contributed by atoms with van der Waals surface area (Å²) in [6.45, 7) is 4.32. The van der Waals surface area contributed by atoms with Crippen LogP contribution in [0, 0.1) is 5.82 Å². The lowest BCUT2D eigenvalue weighted by Gasteiger charge is -2.26. The summed E-state index contributed by atoms with van der Waals surface area (Å²) < 4.78 is 18.5. The van der Waals surface area contributed by atoms with E-state index < -0.39 is 11.4 Å². The van der Waals surface area contributed by atoms with Crippen molar-refractivity contribution in [2.75, 3.05) is 39.4 Å². The average Bonchev–Trinajstić information content (AvgIpc) is 2.54. The van der Waals surface area contributed by atoms with E-state index in [4.69, 9.17) is 4.74 Å². The Labute approximate surface area is 132 Å². The number of fused-ring (bicyclic) bond motifs is 1. The molecule has 3 rings (SSSR count). The van der Waals surface area contributed by atoms with Gasteiger partial charge in [0.2, 0.25) is 5.56 Å². The third-order valence-electron chi connectivity index (χ3n) is 3.87. The zero-order chi connectivity index (χ0) is 16.2. The van der Waals surface area contributed by atoms with Crippen LogP contribution in [0.4, 0.5) is 4.39 Å². The van der Waals surface area contributed by atoms with Crippen LogP contribution in [0.15, 0.2) is 29.1 Å². The largest absolute Gasteiger partial charge is 0.379 e. The monoisotopic (exact) mass is 319 g/mol. The topological polar surface area (TPSA) is 74.4 Å². The Morgan fingerprint density at radius 1 is 1.30 bits per heavy atom. The Bertz CT molecular complexity index is 769. The van der Waals surface area contributed by atoms with E-state index in [1.54, 1.807) is 0 Å². The van der Waals surface area contributed by atoms with Crippen molar-refractivity contribution in [3.8, 4) is 0 Å². The molecule has 0 atom stereocenters. The summed E-state index contributed by atoms with van der Waals surface area (Å²) in [4.78, 5) is 28.7. The highest BCUT2D eigenvalue weighted by molar-refractivity contribution is 6.05. The minimum Gasteiger partial charge on any atom is -0.379 e. The van der Waals surface area contributed by atoms with Gasteiger partial charge in [-0.25, -0.2) is 4.39 Å². The van der Waals surface area contributed by atoms with Gasteiger partial charge in [0.1, 0.15) is 5.82 Å². The van der Waals surface area contributed by atoms with E-state index in [0.717, 1.165) is 19.6 Å². The lowest BCUT2D eigenvalue weighted by molar-refractivity contribution is 0.0383. The molecule has 2 heterocycles. The summed E-state index contributed by atoms with van der Waals surface area (Å²) in [5.74, 6) is -0.793. The molecule has 2 aromatic rings. The molecule has 1 aliphatic heterocycles. The second-order valence-corrected chi connectivity index (χ2v) is 5.45. The second kappa shape index (κ2) is 6.89. The molecule has 0 saturated carbocycles. The molecule has 0 spiro atoms. The van der Waals surface area contributed by atoms with Gasteiger partial charge in [-0.05, 0) is 18.2 Å². The van der Waals surface area contributed by atoms with Crippen LogP contribution in [0.1, 0.15) is 10.4 Å². The molecule has 7 heteroatoms. The predicted molar refractivity (Wildman–Crippen MR) is 84.1 cm³/mol. The van der Waals surface area contributed by atoms with Crippen molar-refractivity contribution in [1.82, 2.24) is 15.2 Å². The zero-order valence-electron chi connectivity index (χ0n) is 12.6. The SMILES string of the molecule is O=C(NCCN1CCOCC1)c1cc(=O)[nH]c2cc(F)ccc12. The molecular formula is C16H18FN3O3. The number of carbonyl (C=O) groups is 1. The van der Waals surface area contributed by atoms with Gasteiger partial charge in [-0.1, -0.05) is 0 Å². The molecule has 0 bridgehead atoms. The Morgan fingerprint density at radius 3 is 2.87 bits per heavy atom. The molecule has 1 amide bonds. The Morgan fingerprint density at radius 2 is 2.09 bits per heavy atom. The van der Waals surface area contributed by atoms with Gasteiger partial charge in [0.25, 0.3) is 5.91 Å². The summed E-state index contributed by atoms with van der Waals surface area (Å²) in [5.41, 5.74) is 0.142. The number of halogens is 1. The second-order valence-electron chi connectivity index (χ2n) is 5.45. The highest BCUT2D eigenvalue weighted by atomic mass is 19.1. The molecule has 0 aliphatic carbocycles. The number of hydrogen-bond acceptors (Lipinski definition) is 4. The number of benzene rings is 1. The predicted octanol–water partition coefficient (Wildman–Crippen LogP) is 0.729. The van der Waals surface area contributed by atoms with Gasteiger partial charge in [0.05, 0.1) is 24.3 Å². The number of carbonyl (C=O) groups excluding carboxylic acids is 1. The quantitative estimate of drug-likeness (QED) is 0.871. The van der Waals surface area contributed by atoms with Gasteiger partial charge >= 0.3 is 0 Å². The van der Waals surface area contributed by atoms with E-state index in [0.29, 0.717) is 30.7 Å². The Kier molecular flexibility index (Phi) is 4.68. The standard InChI is InChI=1S/C16H18FN3O3/c17-11-1-2-12-13(10-15(21)19-14(12)9-11)16(22)18-3-4-20-5-7-23-8-6-20/h1-2,9-10H,3-8H2,(H,18,22)(H,19,21). The average molecular weight is 319 g/mol. The fourth-order valence-corrected chi connectivity index (χ4v) is 2.67. The fourth-order valence-electron chi connectivity index (χ4n) is 2.67. The minimum atomic E-state index is -0.460. The summed E-state index contributed by atoms with van der Waals surface area (Å²) in [6, 6.07) is 5.22. The van der Waals surface area contributed by atoms with Crippen LogP contribution < -0.4 is 10.9 Å². The molecule has 0 radical (unpaired) electrons. The molecule has 1 saturated heterocycles. The van der Waals surface area contributed by atoms with Crippen LogP contribution in [0.2, 0.25) is 0 Å². The van der Waals surface area contributed by atoms with Gasteiger partial charge in [0, 0.05) is 37.6 Å². The van der Waals surface area contributed by atoms with Crippen molar-refractivity contribution in [2.45, 2.75) is 0 Å². The highest BCUT2D eigenvalue weighted by Gasteiger charge is 2.14. The van der Waals surface area contributed by atoms with E-state index in [1.807, 2.05) is 0 Å². The number of hydrogen-bond donors (Lipinski definition) is 2. The molecule has 122 valence electrons. The van der Waals surface area contributed by atoms with Crippen LogP contribution in [-0.2, 0) is 4.74 Å². The first-order valence-corrected chi connectivity index (χ1v) is 7.54. The van der Waals surface area contributed by atoms with Crippen molar-refractivity contribution in [1.29, 1.82) is 0 Å². The third kappa shape index (κ3) is 3.75. The molecule has 23 heavy (non-hydrogen) atoms. The maximum absolute atomic E-state index is 13.3. The summed E-state index contributed by atoms with van der Waals surface area (Å²) in [7, 11) is 0. The van der Waals surface area contributed by atoms with Crippen LogP contribution in [0.25, 0.3) is 10.9 Å². The van der Waals surface area contributed by atoms with Crippen LogP contribution >= 0.6 is 0 Å². The number of pyridine rings is 1. The van der Waals surface area contributed by atoms with Crippen LogP contribution in [0.3, 0.4) is 0 Å². The first-order valence-electron chi connectivity index (χ1n) is 7.54. The normalized spacial score (nSPS) is 15.7. The smallest absolute Gasteiger partial charge is 0.252 e. The maximum atomic E-state index is 13.3. The minimum absolute atomic E-state index is 0.255. The van der Waals surface area contributed by atoms with E-state index in [1.165, 1.54) is 24.3 Å². The number of morpholine rings is 1. The first-order chi connectivity index (χ1) is 11.1. The Balaban J connectivity index is 1.71. The van der Waals surface area contributed by atoms with Crippen LogP contribution in [0.5, 0.6) is 0 Å². The van der Waals surface area contributed by atoms with E-state index >= 15 is 0 Å². The number of rotatable bonds is 4. The van der Waals surface area contributed by atoms with Crippen molar-refractivity contribution < 1.29 is 13.9 Å². The first kappa shape index (κ1) is 15.6. The zero-order valence-corrected chi connectivity index (χ0v) is 12.6. The van der Waals surface area contributed by atoms with Crippen molar-refractivity contribution in [3.63, 3.8) is 0 Å². The number of H-pyrrole nitrogens is 1. The summed E-state index contributed by atoms with van der Waals surface area (Å²) in [5, 5.41) is 3.34. The number of ether oxygens (including phenoxy) is 1. The molecular weight excluding hydrogens is 301 g/mol. The van der Waals surface area contributed by atoms with E-state index in [2.05, 4.69) is 15.2 Å². The van der Waals surface area contributed by atoms with Crippen molar-refractivity contribution in [2.24, 2.45) is 0 Å². The molecule has 1 aromatic heterocycles. The van der Waals surface area contributed by atoms with Crippen molar-refractivity contribution >= 4 is 16.8 Å². The van der Waals surface area contributed by atoms with Gasteiger partial charge in [-0.3, -0.25) is 14.5 Å². The highest BCUT2D eigenvalue weighted by Crippen LogP contribution is 2.16. The van der Waals surface area contributed by atoms with Gasteiger partial charge in [0.15, 0.2) is 0 Å². The lowest BCUT2D eigenvalue weighted by Crippen LogP contribution is -2.41. The molecule has 6 nitrogen and oxygen atoms in total. The number of amides is 1. The number of nitrogens with one attached hydrogen (secondary N) is 2. The van der Waals surface area contributed by atoms with E-state index in [9.17, 15) is 14.0 Å². The molecule has 2 N–H and O–H groups in total. The van der Waals surface area contributed by atoms with Crippen molar-refractivity contribution in [3.05, 3.63) is 46.0 Å². The number of aromatic nitrogens is 1. The van der Waals surface area contributed by atoms with E-state index in [-0.39, 0.29) is 11.5 Å². The maximum Gasteiger partial charge on any atom is 0.252 e. The summed E-state index contributed by atoms with van der Waals surface area (Å²) >= 11 is 0. The number of nitrogens with zero attached hydrogens (tertiary/aromatic N) is 1. The third-order valence-corrected chi connectivity index (χ3v) is 3.87. The fraction of sp³-hybridized carbons (Fsp3) is 0.375. The van der Waals surface area contributed by atoms with Gasteiger partial charge < -0.3 is 15.0 Å².